The minimum absolute atomic E-state index is 0.0257. The Morgan fingerprint density at radius 3 is 2.74 bits per heavy atom. The van der Waals surface area contributed by atoms with Crippen LogP contribution in [0, 0.1) is 0 Å². The van der Waals surface area contributed by atoms with E-state index < -0.39 is 5.97 Å². The molecule has 4 rings (SSSR count). The van der Waals surface area contributed by atoms with Crippen LogP contribution in [0.15, 0.2) is 59.9 Å². The van der Waals surface area contributed by atoms with E-state index in [9.17, 15) is 9.90 Å². The number of hydrogen-bond donors (Lipinski definition) is 6. The Morgan fingerprint density at radius 2 is 1.95 bits per heavy atom. The molecule has 11 nitrogen and oxygen atoms in total. The van der Waals surface area contributed by atoms with Crippen molar-refractivity contribution in [1.29, 1.82) is 0 Å². The lowest BCUT2D eigenvalue weighted by Crippen LogP contribution is -2.13. The van der Waals surface area contributed by atoms with Crippen LogP contribution in [0.4, 0.5) is 17.2 Å². The number of aromatic amines is 1. The topological polar surface area (TPSA) is 157 Å². The molecule has 0 amide bonds. The number of carboxylic acid groups (broad SMARTS) is 1. The maximum absolute atomic E-state index is 10.9. The van der Waals surface area contributed by atoms with Crippen LogP contribution >= 0.6 is 0 Å². The highest BCUT2D eigenvalue weighted by Crippen LogP contribution is 2.32. The molecule has 6 N–H and O–H groups in total. The van der Waals surface area contributed by atoms with Crippen molar-refractivity contribution in [3.05, 3.63) is 66.0 Å². The average molecular weight is 532 g/mol. The number of aliphatic carboxylic acids is 1. The number of H-pyrrole nitrogens is 1. The van der Waals surface area contributed by atoms with Crippen molar-refractivity contribution < 1.29 is 19.7 Å². The molecule has 0 aliphatic carbocycles. The van der Waals surface area contributed by atoms with E-state index in [1.165, 1.54) is 6.33 Å². The molecule has 4 aromatic rings. The summed E-state index contributed by atoms with van der Waals surface area (Å²) >= 11 is 0. The fourth-order valence-corrected chi connectivity index (χ4v) is 3.96. The molecule has 0 fully saturated rings. The third-order valence-electron chi connectivity index (χ3n) is 5.93. The molecule has 0 aliphatic rings. The van der Waals surface area contributed by atoms with Crippen molar-refractivity contribution in [1.82, 2.24) is 20.3 Å². The van der Waals surface area contributed by atoms with E-state index in [4.69, 9.17) is 9.84 Å². The summed E-state index contributed by atoms with van der Waals surface area (Å²) in [6.45, 7) is 2.42. The van der Waals surface area contributed by atoms with Crippen LogP contribution in [0.3, 0.4) is 0 Å². The van der Waals surface area contributed by atoms with Crippen LogP contribution in [-0.2, 0) is 11.3 Å². The Kier molecular flexibility index (Phi) is 9.68. The van der Waals surface area contributed by atoms with Crippen molar-refractivity contribution in [2.24, 2.45) is 4.99 Å². The molecule has 2 aromatic carbocycles. The van der Waals surface area contributed by atoms with Gasteiger partial charge in [0.05, 0.1) is 28.9 Å². The van der Waals surface area contributed by atoms with Crippen LogP contribution in [0.5, 0.6) is 11.6 Å². The second kappa shape index (κ2) is 13.8. The zero-order valence-electron chi connectivity index (χ0n) is 21.8. The molecule has 0 bridgehead atoms. The fourth-order valence-electron chi connectivity index (χ4n) is 3.96. The lowest BCUT2D eigenvalue weighted by atomic mass is 10.2. The second-order valence-corrected chi connectivity index (χ2v) is 8.84. The van der Waals surface area contributed by atoms with Crippen molar-refractivity contribution in [3.63, 3.8) is 0 Å². The van der Waals surface area contributed by atoms with Gasteiger partial charge in [0.1, 0.15) is 23.5 Å². The Labute approximate surface area is 226 Å². The molecule has 0 saturated heterocycles. The number of nitrogens with zero attached hydrogens (tertiary/aromatic N) is 3. The van der Waals surface area contributed by atoms with Crippen LogP contribution in [0.1, 0.15) is 30.4 Å². The first kappa shape index (κ1) is 27.4. The van der Waals surface area contributed by atoms with E-state index in [-0.39, 0.29) is 18.9 Å². The summed E-state index contributed by atoms with van der Waals surface area (Å²) in [5, 5.41) is 30.0. The molecule has 2 aromatic heterocycles. The van der Waals surface area contributed by atoms with Gasteiger partial charge in [0.15, 0.2) is 5.88 Å². The highest BCUT2D eigenvalue weighted by molar-refractivity contribution is 6.06. The van der Waals surface area contributed by atoms with E-state index in [0.717, 1.165) is 24.2 Å². The minimum Gasteiger partial charge on any atom is -0.494 e. The number of anilines is 2. The van der Waals surface area contributed by atoms with Crippen molar-refractivity contribution in [2.45, 2.75) is 25.8 Å². The maximum Gasteiger partial charge on any atom is 0.303 e. The third-order valence-corrected chi connectivity index (χ3v) is 5.93. The monoisotopic (exact) mass is 531 g/mol. The molecule has 11 heteroatoms. The molecule has 0 saturated carbocycles. The van der Waals surface area contributed by atoms with Gasteiger partial charge in [0.2, 0.25) is 0 Å². The van der Waals surface area contributed by atoms with E-state index in [2.05, 4.69) is 35.9 Å². The van der Waals surface area contributed by atoms with Gasteiger partial charge in [-0.05, 0) is 44.1 Å². The quantitative estimate of drug-likeness (QED) is 0.0972. The molecule has 0 unspecified atom stereocenters. The Hall–Kier alpha value is -4.64. The number of fused-ring (bicyclic) bond motifs is 1. The normalized spacial score (nSPS) is 11.2. The Morgan fingerprint density at radius 1 is 1.10 bits per heavy atom. The lowest BCUT2D eigenvalue weighted by molar-refractivity contribution is -0.137. The molecule has 39 heavy (non-hydrogen) atoms. The number of nitrogens with one attached hydrogen (secondary N) is 4. The number of ether oxygens (including phenoxy) is 1. The molecule has 0 aliphatic heterocycles. The number of aliphatic imine (C=N–C) groups is 1. The highest BCUT2D eigenvalue weighted by Gasteiger charge is 2.15. The highest BCUT2D eigenvalue weighted by atomic mass is 16.5. The van der Waals surface area contributed by atoms with Gasteiger partial charge in [-0.25, -0.2) is 9.97 Å². The molecular formula is C28H33N7O4. The number of carboxylic acids is 1. The number of benzene rings is 2. The summed E-state index contributed by atoms with van der Waals surface area (Å²) in [6.07, 6.45) is 4.32. The zero-order valence-corrected chi connectivity index (χ0v) is 21.8. The molecular weight excluding hydrogens is 498 g/mol. The molecule has 0 radical (unpaired) electrons. The summed E-state index contributed by atoms with van der Waals surface area (Å²) in [4.78, 5) is 27.0. The number of carbonyl (C=O) groups is 1. The van der Waals surface area contributed by atoms with E-state index in [1.54, 1.807) is 12.3 Å². The second-order valence-electron chi connectivity index (χ2n) is 8.84. The smallest absolute Gasteiger partial charge is 0.303 e. The van der Waals surface area contributed by atoms with E-state index >= 15 is 0 Å². The third kappa shape index (κ3) is 7.68. The van der Waals surface area contributed by atoms with Crippen LogP contribution in [0.2, 0.25) is 0 Å². The first-order chi connectivity index (χ1) is 19.0. The van der Waals surface area contributed by atoms with Gasteiger partial charge < -0.3 is 35.9 Å². The maximum atomic E-state index is 10.9. The molecule has 0 spiro atoms. The summed E-state index contributed by atoms with van der Waals surface area (Å²) in [5.74, 6) is 0.248. The van der Waals surface area contributed by atoms with Gasteiger partial charge in [0, 0.05) is 31.8 Å². The van der Waals surface area contributed by atoms with Gasteiger partial charge in [-0.3, -0.25) is 9.79 Å². The Bertz CT molecular complexity index is 1410. The predicted molar refractivity (Wildman–Crippen MR) is 152 cm³/mol. The number of aromatic nitrogens is 3. The number of hydrogen-bond acceptors (Lipinski definition) is 9. The first-order valence-corrected chi connectivity index (χ1v) is 12.8. The number of rotatable bonds is 15. The van der Waals surface area contributed by atoms with E-state index in [0.29, 0.717) is 53.4 Å². The van der Waals surface area contributed by atoms with Gasteiger partial charge in [-0.15, -0.1) is 0 Å². The molecule has 0 atom stereocenters. The molecule has 204 valence electrons. The van der Waals surface area contributed by atoms with Gasteiger partial charge in [0.25, 0.3) is 0 Å². The largest absolute Gasteiger partial charge is 0.494 e. The van der Waals surface area contributed by atoms with Gasteiger partial charge in [-0.2, -0.15) is 0 Å². The van der Waals surface area contributed by atoms with Crippen molar-refractivity contribution in [3.8, 4) is 11.6 Å². The number of aromatic hydroxyl groups is 1. The van der Waals surface area contributed by atoms with Crippen LogP contribution in [0.25, 0.3) is 11.0 Å². The van der Waals surface area contributed by atoms with Gasteiger partial charge >= 0.3 is 5.97 Å². The predicted octanol–water partition coefficient (Wildman–Crippen LogP) is 4.29. The molecule has 2 heterocycles. The fraction of sp³-hybridized carbons (Fsp3) is 0.286. The summed E-state index contributed by atoms with van der Waals surface area (Å²) in [7, 11) is 1.90. The standard InChI is InChI=1S/C28H33N7O4/c1-29-12-6-13-30-26-25-21(28(38)35-27(25)34-18-33-26)17-31-20-10-11-22(32-16-19-7-3-2-4-8-19)23(15-20)39-14-5-9-24(36)37/h2-4,7-8,10-11,15,17-18,29,32,38H,5-6,9,12-14,16H2,1H3,(H,36,37)(H2,30,33,34,35). The van der Waals surface area contributed by atoms with Crippen LogP contribution in [-0.4, -0.2) is 64.1 Å². The lowest BCUT2D eigenvalue weighted by Gasteiger charge is -2.14. The SMILES string of the molecule is CNCCCNc1ncnc2[nH]c(O)c(C=Nc3ccc(NCc4ccccc4)c(OCCCC(=O)O)c3)c12. The zero-order chi connectivity index (χ0) is 27.5. The van der Waals surface area contributed by atoms with Crippen molar-refractivity contribution >= 4 is 40.4 Å². The summed E-state index contributed by atoms with van der Waals surface area (Å²) in [6, 6.07) is 15.5. The van der Waals surface area contributed by atoms with Gasteiger partial charge in [-0.1, -0.05) is 30.3 Å². The first-order valence-electron chi connectivity index (χ1n) is 12.8. The Balaban J connectivity index is 1.56. The average Bonchev–Trinajstić information content (AvgIpc) is 3.27. The minimum atomic E-state index is -0.863. The van der Waals surface area contributed by atoms with Crippen LogP contribution < -0.4 is 20.7 Å². The summed E-state index contributed by atoms with van der Waals surface area (Å²) in [5.41, 5.74) is 3.45. The van der Waals surface area contributed by atoms with E-state index in [1.807, 2.05) is 49.5 Å². The summed E-state index contributed by atoms with van der Waals surface area (Å²) < 4.78 is 5.94. The van der Waals surface area contributed by atoms with Crippen molar-refractivity contribution in [2.75, 3.05) is 37.4 Å².